The van der Waals surface area contributed by atoms with Crippen LogP contribution in [0.1, 0.15) is 21.1 Å². The lowest BCUT2D eigenvalue weighted by atomic mass is 10.2. The Hall–Kier alpha value is -2.47. The molecular weight excluding hydrogens is 274 g/mol. The van der Waals surface area contributed by atoms with E-state index in [1.54, 1.807) is 30.3 Å². The fourth-order valence-corrected chi connectivity index (χ4v) is 2.10. The Kier molecular flexibility index (Phi) is 4.27. The highest BCUT2D eigenvalue weighted by Gasteiger charge is 2.02. The van der Waals surface area contributed by atoms with E-state index in [4.69, 9.17) is 5.73 Å². The van der Waals surface area contributed by atoms with Gasteiger partial charge in [-0.1, -0.05) is 0 Å². The predicted molar refractivity (Wildman–Crippen MR) is 79.5 cm³/mol. The van der Waals surface area contributed by atoms with Gasteiger partial charge in [-0.05, 0) is 37.3 Å². The first kappa shape index (κ1) is 14.0. The van der Waals surface area contributed by atoms with Crippen molar-refractivity contribution in [3.63, 3.8) is 0 Å². The zero-order valence-corrected chi connectivity index (χ0v) is 11.6. The number of anilines is 1. The smallest absolute Gasteiger partial charge is 0.248 e. The van der Waals surface area contributed by atoms with Crippen molar-refractivity contribution in [2.75, 3.05) is 5.32 Å². The number of hydrogen-bond acceptors (Lipinski definition) is 4. The molecule has 2 rings (SSSR count). The molecule has 0 aliphatic carbocycles. The topological polar surface area (TPSA) is 85.1 Å². The second-order valence-corrected chi connectivity index (χ2v) is 5.12. The van der Waals surface area contributed by atoms with Crippen LogP contribution in [0, 0.1) is 6.92 Å². The van der Waals surface area contributed by atoms with Crippen LogP contribution in [0.2, 0.25) is 0 Å². The van der Waals surface area contributed by atoms with Gasteiger partial charge in [-0.2, -0.15) is 0 Å². The molecule has 0 atom stereocenters. The van der Waals surface area contributed by atoms with Gasteiger partial charge in [0.25, 0.3) is 0 Å². The summed E-state index contributed by atoms with van der Waals surface area (Å²) in [6.45, 7) is 1.91. The number of aromatic nitrogens is 1. The Balaban J connectivity index is 1.97. The van der Waals surface area contributed by atoms with Gasteiger partial charge < -0.3 is 11.1 Å². The van der Waals surface area contributed by atoms with Crippen LogP contribution in [-0.4, -0.2) is 16.8 Å². The molecule has 102 valence electrons. The zero-order valence-electron chi connectivity index (χ0n) is 10.8. The van der Waals surface area contributed by atoms with Crippen LogP contribution < -0.4 is 11.1 Å². The average molecular weight is 287 g/mol. The molecule has 6 heteroatoms. The molecule has 2 amide bonds. The highest BCUT2D eigenvalue weighted by molar-refractivity contribution is 7.09. The molecule has 0 saturated carbocycles. The van der Waals surface area contributed by atoms with Crippen molar-refractivity contribution in [1.82, 2.24) is 4.98 Å². The molecule has 20 heavy (non-hydrogen) atoms. The molecular formula is C14H13N3O2S. The number of aryl methyl sites for hydroxylation is 1. The van der Waals surface area contributed by atoms with Crippen LogP contribution in [0.25, 0.3) is 6.08 Å². The zero-order chi connectivity index (χ0) is 14.5. The highest BCUT2D eigenvalue weighted by atomic mass is 32.1. The first-order valence-corrected chi connectivity index (χ1v) is 6.73. The van der Waals surface area contributed by atoms with E-state index in [2.05, 4.69) is 10.3 Å². The highest BCUT2D eigenvalue weighted by Crippen LogP contribution is 2.11. The van der Waals surface area contributed by atoms with Crippen molar-refractivity contribution in [3.8, 4) is 0 Å². The van der Waals surface area contributed by atoms with Crippen LogP contribution >= 0.6 is 11.3 Å². The van der Waals surface area contributed by atoms with Gasteiger partial charge in [0.15, 0.2) is 0 Å². The molecule has 1 aromatic heterocycles. The summed E-state index contributed by atoms with van der Waals surface area (Å²) in [4.78, 5) is 26.8. The van der Waals surface area contributed by atoms with Gasteiger partial charge in [0, 0.05) is 22.7 Å². The van der Waals surface area contributed by atoms with Gasteiger partial charge in [-0.25, -0.2) is 4.98 Å². The number of carbonyl (C=O) groups excluding carboxylic acids is 2. The summed E-state index contributed by atoms with van der Waals surface area (Å²) in [5.74, 6) is -0.760. The van der Waals surface area contributed by atoms with Gasteiger partial charge in [0.2, 0.25) is 11.8 Å². The Morgan fingerprint density at radius 3 is 2.55 bits per heavy atom. The molecule has 0 radical (unpaired) electrons. The second-order valence-electron chi connectivity index (χ2n) is 4.06. The van der Waals surface area contributed by atoms with E-state index in [-0.39, 0.29) is 5.91 Å². The third-order valence-corrected chi connectivity index (χ3v) is 3.27. The van der Waals surface area contributed by atoms with E-state index in [0.717, 1.165) is 10.7 Å². The maximum absolute atomic E-state index is 11.7. The van der Waals surface area contributed by atoms with Crippen LogP contribution in [-0.2, 0) is 4.79 Å². The third kappa shape index (κ3) is 3.76. The summed E-state index contributed by atoms with van der Waals surface area (Å²) in [5.41, 5.74) is 6.89. The Labute approximate surface area is 120 Å². The van der Waals surface area contributed by atoms with E-state index in [9.17, 15) is 9.59 Å². The summed E-state index contributed by atoms with van der Waals surface area (Å²) in [7, 11) is 0. The molecule has 0 unspecified atom stereocenters. The second kappa shape index (κ2) is 6.12. The van der Waals surface area contributed by atoms with Crippen LogP contribution in [0.4, 0.5) is 5.69 Å². The van der Waals surface area contributed by atoms with Crippen molar-refractivity contribution in [3.05, 3.63) is 52.0 Å². The number of nitrogens with two attached hydrogens (primary N) is 1. The number of hydrogen-bond donors (Lipinski definition) is 2. The van der Waals surface area contributed by atoms with Crippen molar-refractivity contribution in [2.24, 2.45) is 5.73 Å². The minimum Gasteiger partial charge on any atom is -0.366 e. The first-order valence-electron chi connectivity index (χ1n) is 5.85. The number of rotatable bonds is 4. The summed E-state index contributed by atoms with van der Waals surface area (Å²) < 4.78 is 0. The van der Waals surface area contributed by atoms with Gasteiger partial charge >= 0.3 is 0 Å². The van der Waals surface area contributed by atoms with Gasteiger partial charge in [-0.3, -0.25) is 9.59 Å². The van der Waals surface area contributed by atoms with Crippen molar-refractivity contribution < 1.29 is 9.59 Å². The molecule has 2 aromatic rings. The van der Waals surface area contributed by atoms with Gasteiger partial charge in [0.1, 0.15) is 0 Å². The fourth-order valence-electron chi connectivity index (χ4n) is 1.52. The summed E-state index contributed by atoms with van der Waals surface area (Å²) in [6, 6.07) is 6.37. The first-order chi connectivity index (χ1) is 9.54. The monoisotopic (exact) mass is 287 g/mol. The summed E-state index contributed by atoms with van der Waals surface area (Å²) >= 11 is 1.53. The molecule has 0 aliphatic rings. The quantitative estimate of drug-likeness (QED) is 0.845. The lowest BCUT2D eigenvalue weighted by molar-refractivity contribution is -0.111. The summed E-state index contributed by atoms with van der Waals surface area (Å²) in [6.07, 6.45) is 3.06. The molecule has 1 aromatic carbocycles. The van der Waals surface area contributed by atoms with Crippen molar-refractivity contribution >= 4 is 34.9 Å². The molecule has 0 bridgehead atoms. The lowest BCUT2D eigenvalue weighted by Crippen LogP contribution is -2.11. The molecule has 0 spiro atoms. The number of benzene rings is 1. The molecule has 5 nitrogen and oxygen atoms in total. The van der Waals surface area contributed by atoms with E-state index >= 15 is 0 Å². The lowest BCUT2D eigenvalue weighted by Gasteiger charge is -2.02. The van der Waals surface area contributed by atoms with E-state index in [0.29, 0.717) is 11.3 Å². The van der Waals surface area contributed by atoms with Crippen molar-refractivity contribution in [1.29, 1.82) is 0 Å². The number of carbonyl (C=O) groups is 2. The van der Waals surface area contributed by atoms with E-state index in [1.165, 1.54) is 17.4 Å². The SMILES string of the molecule is Cc1nc(/C=C/C(=O)Nc2ccc(C(N)=O)cc2)cs1. The van der Waals surface area contributed by atoms with Gasteiger partial charge in [-0.15, -0.1) is 11.3 Å². The molecule has 0 fully saturated rings. The predicted octanol–water partition coefficient (Wildman–Crippen LogP) is 2.20. The molecule has 0 saturated heterocycles. The van der Waals surface area contributed by atoms with Crippen LogP contribution in [0.3, 0.4) is 0 Å². The average Bonchev–Trinajstić information content (AvgIpc) is 2.83. The van der Waals surface area contributed by atoms with Crippen LogP contribution in [0.15, 0.2) is 35.7 Å². The number of nitrogens with one attached hydrogen (secondary N) is 1. The standard InChI is InChI=1S/C14H13N3O2S/c1-9-16-12(8-20-9)6-7-13(18)17-11-4-2-10(3-5-11)14(15)19/h2-8H,1H3,(H2,15,19)(H,17,18)/b7-6+. The third-order valence-electron chi connectivity index (χ3n) is 2.48. The number of amides is 2. The maximum atomic E-state index is 11.7. The fraction of sp³-hybridized carbons (Fsp3) is 0.0714. The number of nitrogens with zero attached hydrogens (tertiary/aromatic N) is 1. The van der Waals surface area contributed by atoms with Crippen molar-refractivity contribution in [2.45, 2.75) is 6.92 Å². The summed E-state index contributed by atoms with van der Waals surface area (Å²) in [5, 5.41) is 5.51. The molecule has 3 N–H and O–H groups in total. The minimum absolute atomic E-state index is 0.262. The number of primary amides is 1. The Bertz CT molecular complexity index is 659. The van der Waals surface area contributed by atoms with Crippen LogP contribution in [0.5, 0.6) is 0 Å². The maximum Gasteiger partial charge on any atom is 0.248 e. The van der Waals surface area contributed by atoms with Gasteiger partial charge in [0.05, 0.1) is 10.7 Å². The molecule has 1 heterocycles. The van der Waals surface area contributed by atoms with E-state index in [1.807, 2.05) is 12.3 Å². The van der Waals surface area contributed by atoms with E-state index < -0.39 is 5.91 Å². The number of thiazole rings is 1. The Morgan fingerprint density at radius 2 is 2.00 bits per heavy atom. The Morgan fingerprint density at radius 1 is 1.30 bits per heavy atom. The largest absolute Gasteiger partial charge is 0.366 e. The normalized spacial score (nSPS) is 10.7. The minimum atomic E-state index is -0.498. The molecule has 0 aliphatic heterocycles.